The van der Waals surface area contributed by atoms with Gasteiger partial charge in [0.25, 0.3) is 0 Å². The molecule has 0 aliphatic carbocycles. The van der Waals surface area contributed by atoms with E-state index < -0.39 is 0 Å². The summed E-state index contributed by atoms with van der Waals surface area (Å²) in [4.78, 5) is 2.59. The average molecular weight is 262 g/mol. The first-order chi connectivity index (χ1) is 9.38. The van der Waals surface area contributed by atoms with E-state index in [2.05, 4.69) is 22.3 Å². The van der Waals surface area contributed by atoms with Crippen molar-refractivity contribution in [2.24, 2.45) is 0 Å². The molecule has 0 radical (unpaired) electrons. The zero-order chi connectivity index (χ0) is 13.3. The number of hydrogen-bond acceptors (Lipinski definition) is 3. The van der Waals surface area contributed by atoms with E-state index in [0.29, 0.717) is 0 Å². The van der Waals surface area contributed by atoms with Gasteiger partial charge in [-0.15, -0.1) is 0 Å². The Morgan fingerprint density at radius 2 is 2.05 bits per heavy atom. The minimum absolute atomic E-state index is 0.931. The summed E-state index contributed by atoms with van der Waals surface area (Å²) in [5, 5.41) is 3.50. The van der Waals surface area contributed by atoms with Crippen LogP contribution in [0.25, 0.3) is 0 Å². The van der Waals surface area contributed by atoms with E-state index in [-0.39, 0.29) is 0 Å². The summed E-state index contributed by atoms with van der Waals surface area (Å²) in [6.07, 6.45) is 5.37. The van der Waals surface area contributed by atoms with E-state index in [1.165, 1.54) is 50.9 Å². The average Bonchev–Trinajstić information content (AvgIpc) is 2.96. The largest absolute Gasteiger partial charge is 0.497 e. The van der Waals surface area contributed by atoms with Crippen molar-refractivity contribution in [3.05, 3.63) is 29.8 Å². The molecule has 0 spiro atoms. The van der Waals surface area contributed by atoms with Gasteiger partial charge in [-0.3, -0.25) is 0 Å². The summed E-state index contributed by atoms with van der Waals surface area (Å²) in [6, 6.07) is 8.26. The number of benzene rings is 1. The molecule has 1 aliphatic rings. The van der Waals surface area contributed by atoms with Gasteiger partial charge in [-0.05, 0) is 69.6 Å². The van der Waals surface area contributed by atoms with Crippen LogP contribution in [-0.2, 0) is 6.54 Å². The van der Waals surface area contributed by atoms with Crippen LogP contribution in [-0.4, -0.2) is 38.2 Å². The lowest BCUT2D eigenvalue weighted by molar-refractivity contribution is 0.329. The fourth-order valence-corrected chi connectivity index (χ4v) is 2.61. The lowest BCUT2D eigenvalue weighted by atomic mass is 10.2. The Kier molecular flexibility index (Phi) is 6.18. The zero-order valence-corrected chi connectivity index (χ0v) is 12.0. The third kappa shape index (κ3) is 5.21. The van der Waals surface area contributed by atoms with Crippen molar-refractivity contribution < 1.29 is 4.74 Å². The van der Waals surface area contributed by atoms with Crippen LogP contribution in [0.5, 0.6) is 5.75 Å². The molecule has 1 aromatic rings. The summed E-state index contributed by atoms with van der Waals surface area (Å²) in [5.41, 5.74) is 1.29. The molecule has 0 saturated carbocycles. The number of unbranched alkanes of at least 4 members (excludes halogenated alkanes) is 1. The Balaban J connectivity index is 1.53. The van der Waals surface area contributed by atoms with E-state index in [1.807, 2.05) is 12.1 Å². The quantitative estimate of drug-likeness (QED) is 0.729. The lowest BCUT2D eigenvalue weighted by Gasteiger charge is -2.14. The lowest BCUT2D eigenvalue weighted by Crippen LogP contribution is -2.22. The minimum Gasteiger partial charge on any atom is -0.497 e. The topological polar surface area (TPSA) is 24.5 Å². The van der Waals surface area contributed by atoms with Crippen molar-refractivity contribution in [3.63, 3.8) is 0 Å². The molecule has 1 fully saturated rings. The maximum Gasteiger partial charge on any atom is 0.119 e. The van der Waals surface area contributed by atoms with Crippen LogP contribution >= 0.6 is 0 Å². The fraction of sp³-hybridized carbons (Fsp3) is 0.625. The van der Waals surface area contributed by atoms with Gasteiger partial charge in [-0.1, -0.05) is 12.1 Å². The van der Waals surface area contributed by atoms with E-state index in [4.69, 9.17) is 4.74 Å². The van der Waals surface area contributed by atoms with Crippen molar-refractivity contribution in [2.45, 2.75) is 32.2 Å². The van der Waals surface area contributed by atoms with Gasteiger partial charge >= 0.3 is 0 Å². The van der Waals surface area contributed by atoms with Crippen molar-refractivity contribution >= 4 is 0 Å². The molecule has 1 aromatic carbocycles. The van der Waals surface area contributed by atoms with Gasteiger partial charge in [0.05, 0.1) is 7.11 Å². The maximum absolute atomic E-state index is 5.22. The van der Waals surface area contributed by atoms with E-state index >= 15 is 0 Å². The van der Waals surface area contributed by atoms with E-state index in [1.54, 1.807) is 7.11 Å². The first-order valence-electron chi connectivity index (χ1n) is 7.44. The van der Waals surface area contributed by atoms with Gasteiger partial charge in [-0.2, -0.15) is 0 Å². The molecular weight excluding hydrogens is 236 g/mol. The molecule has 3 nitrogen and oxygen atoms in total. The van der Waals surface area contributed by atoms with Crippen molar-refractivity contribution in [1.29, 1.82) is 0 Å². The molecule has 106 valence electrons. The second-order valence-electron chi connectivity index (χ2n) is 5.28. The van der Waals surface area contributed by atoms with Gasteiger partial charge in [0.1, 0.15) is 5.75 Å². The predicted molar refractivity (Wildman–Crippen MR) is 79.6 cm³/mol. The third-order valence-corrected chi connectivity index (χ3v) is 3.74. The molecule has 2 rings (SSSR count). The molecule has 1 saturated heterocycles. The van der Waals surface area contributed by atoms with Gasteiger partial charge in [0.15, 0.2) is 0 Å². The number of nitrogens with one attached hydrogen (secondary N) is 1. The predicted octanol–water partition coefficient (Wildman–Crippen LogP) is 2.66. The molecule has 1 heterocycles. The highest BCUT2D eigenvalue weighted by Gasteiger charge is 2.09. The molecule has 0 bridgehead atoms. The van der Waals surface area contributed by atoms with Gasteiger partial charge in [-0.25, -0.2) is 0 Å². The second kappa shape index (κ2) is 8.18. The summed E-state index contributed by atoms with van der Waals surface area (Å²) < 4.78 is 5.22. The monoisotopic (exact) mass is 262 g/mol. The number of methoxy groups -OCH3 is 1. The van der Waals surface area contributed by atoms with Crippen LogP contribution in [0.15, 0.2) is 24.3 Å². The van der Waals surface area contributed by atoms with Crippen LogP contribution < -0.4 is 10.1 Å². The Hall–Kier alpha value is -1.06. The molecule has 1 N–H and O–H groups in total. The van der Waals surface area contributed by atoms with Crippen LogP contribution in [0.3, 0.4) is 0 Å². The van der Waals surface area contributed by atoms with Crippen molar-refractivity contribution in [3.8, 4) is 5.75 Å². The first kappa shape index (κ1) is 14.4. The summed E-state index contributed by atoms with van der Waals surface area (Å²) in [6.45, 7) is 5.95. The zero-order valence-electron chi connectivity index (χ0n) is 12.0. The number of hydrogen-bond donors (Lipinski definition) is 1. The first-order valence-corrected chi connectivity index (χ1v) is 7.44. The van der Waals surface area contributed by atoms with Crippen LogP contribution in [0, 0.1) is 0 Å². The summed E-state index contributed by atoms with van der Waals surface area (Å²) >= 11 is 0. The SMILES string of the molecule is COc1cccc(CNCCCCN2CCCC2)c1. The number of ether oxygens (including phenoxy) is 1. The van der Waals surface area contributed by atoms with E-state index in [9.17, 15) is 0 Å². The summed E-state index contributed by atoms with van der Waals surface area (Å²) in [5.74, 6) is 0.938. The summed E-state index contributed by atoms with van der Waals surface area (Å²) in [7, 11) is 1.71. The second-order valence-corrected chi connectivity index (χ2v) is 5.28. The van der Waals surface area contributed by atoms with Crippen LogP contribution in [0.1, 0.15) is 31.2 Å². The third-order valence-electron chi connectivity index (χ3n) is 3.74. The number of likely N-dealkylation sites (tertiary alicyclic amines) is 1. The van der Waals surface area contributed by atoms with Gasteiger partial charge in [0, 0.05) is 6.54 Å². The standard InChI is InChI=1S/C16H26N2O/c1-19-16-8-6-7-15(13-16)14-17-9-2-3-10-18-11-4-5-12-18/h6-8,13,17H,2-5,9-12,14H2,1H3. The Bertz CT molecular complexity index is 362. The Morgan fingerprint density at radius 1 is 1.21 bits per heavy atom. The minimum atomic E-state index is 0.931. The highest BCUT2D eigenvalue weighted by atomic mass is 16.5. The van der Waals surface area contributed by atoms with Gasteiger partial charge < -0.3 is 15.0 Å². The highest BCUT2D eigenvalue weighted by Crippen LogP contribution is 2.12. The normalized spacial score (nSPS) is 15.8. The Morgan fingerprint density at radius 3 is 2.84 bits per heavy atom. The molecule has 19 heavy (non-hydrogen) atoms. The maximum atomic E-state index is 5.22. The smallest absolute Gasteiger partial charge is 0.119 e. The fourth-order valence-electron chi connectivity index (χ4n) is 2.61. The highest BCUT2D eigenvalue weighted by molar-refractivity contribution is 5.28. The number of rotatable bonds is 8. The molecule has 1 aliphatic heterocycles. The molecule has 0 aromatic heterocycles. The molecule has 3 heteroatoms. The van der Waals surface area contributed by atoms with Gasteiger partial charge in [0.2, 0.25) is 0 Å². The Labute approximate surface area is 116 Å². The molecule has 0 unspecified atom stereocenters. The van der Waals surface area contributed by atoms with Crippen molar-refractivity contribution in [2.75, 3.05) is 33.3 Å². The van der Waals surface area contributed by atoms with E-state index in [0.717, 1.165) is 18.8 Å². The van der Waals surface area contributed by atoms with Crippen LogP contribution in [0.4, 0.5) is 0 Å². The number of nitrogens with zero attached hydrogens (tertiary/aromatic N) is 1. The van der Waals surface area contributed by atoms with Crippen molar-refractivity contribution in [1.82, 2.24) is 10.2 Å². The molecule has 0 amide bonds. The molecule has 0 atom stereocenters. The van der Waals surface area contributed by atoms with Crippen LogP contribution in [0.2, 0.25) is 0 Å². The molecular formula is C16H26N2O.